The Morgan fingerprint density at radius 1 is 1.10 bits per heavy atom. The predicted octanol–water partition coefficient (Wildman–Crippen LogP) is 4.37. The molecule has 3 nitrogen and oxygen atoms in total. The molecule has 3 rings (SSSR count). The maximum absolute atomic E-state index is 9.26. The van der Waals surface area contributed by atoms with Crippen molar-refractivity contribution in [2.24, 2.45) is 0 Å². The molecule has 0 unspecified atom stereocenters. The summed E-state index contributed by atoms with van der Waals surface area (Å²) < 4.78 is 0. The molecule has 1 heterocycles. The first-order valence-corrected chi connectivity index (χ1v) is 6.92. The van der Waals surface area contributed by atoms with E-state index in [-0.39, 0.29) is 0 Å². The van der Waals surface area contributed by atoms with Gasteiger partial charge < -0.3 is 5.32 Å². The van der Waals surface area contributed by atoms with Crippen LogP contribution < -0.4 is 5.32 Å². The third-order valence-corrected chi connectivity index (χ3v) is 3.53. The Kier molecular flexibility index (Phi) is 3.72. The second kappa shape index (κ2) is 5.82. The molecule has 3 aromatic rings. The molecule has 0 saturated carbocycles. The first kappa shape index (κ1) is 13.4. The minimum Gasteiger partial charge on any atom is -0.379 e. The van der Waals surface area contributed by atoms with Crippen molar-refractivity contribution in [2.75, 3.05) is 5.32 Å². The van der Waals surface area contributed by atoms with Crippen LogP contribution in [0.3, 0.4) is 0 Å². The number of aromatic nitrogens is 1. The molecule has 21 heavy (non-hydrogen) atoms. The van der Waals surface area contributed by atoms with Crippen LogP contribution in [0.25, 0.3) is 10.9 Å². The molecule has 0 spiro atoms. The van der Waals surface area contributed by atoms with E-state index >= 15 is 0 Å². The second-order valence-electron chi connectivity index (χ2n) is 4.66. The number of para-hydroxylation sites is 1. The molecular weight excluding hydrogens is 282 g/mol. The maximum atomic E-state index is 9.26. The molecule has 0 fully saturated rings. The van der Waals surface area contributed by atoms with Gasteiger partial charge in [-0.15, -0.1) is 0 Å². The van der Waals surface area contributed by atoms with Crippen LogP contribution in [-0.2, 0) is 6.54 Å². The lowest BCUT2D eigenvalue weighted by Gasteiger charge is -2.11. The Bertz CT molecular complexity index is 820. The number of pyridine rings is 1. The van der Waals surface area contributed by atoms with Gasteiger partial charge in [-0.25, -0.2) is 0 Å². The highest BCUT2D eigenvalue weighted by molar-refractivity contribution is 6.30. The molecule has 0 aliphatic heterocycles. The van der Waals surface area contributed by atoms with Crippen molar-refractivity contribution in [3.8, 4) is 6.07 Å². The van der Waals surface area contributed by atoms with E-state index in [9.17, 15) is 5.26 Å². The monoisotopic (exact) mass is 293 g/mol. The summed E-state index contributed by atoms with van der Waals surface area (Å²) in [5.41, 5.74) is 3.33. The molecule has 1 aromatic heterocycles. The van der Waals surface area contributed by atoms with Crippen molar-refractivity contribution in [1.82, 2.24) is 4.98 Å². The Balaban J connectivity index is 1.95. The van der Waals surface area contributed by atoms with E-state index in [2.05, 4.69) is 16.4 Å². The van der Waals surface area contributed by atoms with Crippen molar-refractivity contribution in [1.29, 1.82) is 5.26 Å². The lowest BCUT2D eigenvalue weighted by Crippen LogP contribution is -2.02. The lowest BCUT2D eigenvalue weighted by molar-refractivity contribution is 1.15. The van der Waals surface area contributed by atoms with Crippen molar-refractivity contribution in [2.45, 2.75) is 6.54 Å². The van der Waals surface area contributed by atoms with E-state index in [1.807, 2.05) is 48.5 Å². The first-order valence-electron chi connectivity index (χ1n) is 6.54. The van der Waals surface area contributed by atoms with Gasteiger partial charge in [0.15, 0.2) is 0 Å². The van der Waals surface area contributed by atoms with Gasteiger partial charge in [0.1, 0.15) is 6.07 Å². The average molecular weight is 294 g/mol. The Labute approximate surface area is 127 Å². The third kappa shape index (κ3) is 2.81. The highest BCUT2D eigenvalue weighted by atomic mass is 35.5. The molecule has 0 aliphatic carbocycles. The van der Waals surface area contributed by atoms with E-state index in [1.165, 1.54) is 0 Å². The van der Waals surface area contributed by atoms with Crippen LogP contribution in [-0.4, -0.2) is 4.98 Å². The molecule has 4 heteroatoms. The largest absolute Gasteiger partial charge is 0.379 e. The number of anilines is 1. The SMILES string of the molecule is N#Cc1cnc2ccccc2c1NCc1ccc(Cl)cc1. The molecule has 0 radical (unpaired) electrons. The lowest BCUT2D eigenvalue weighted by atomic mass is 10.1. The quantitative estimate of drug-likeness (QED) is 0.780. The first-order chi connectivity index (χ1) is 10.3. The zero-order valence-electron chi connectivity index (χ0n) is 11.2. The Morgan fingerprint density at radius 3 is 2.62 bits per heavy atom. The summed E-state index contributed by atoms with van der Waals surface area (Å²) in [7, 11) is 0. The van der Waals surface area contributed by atoms with Crippen molar-refractivity contribution >= 4 is 28.2 Å². The normalized spacial score (nSPS) is 10.3. The summed E-state index contributed by atoms with van der Waals surface area (Å²) in [5.74, 6) is 0. The third-order valence-electron chi connectivity index (χ3n) is 3.28. The molecule has 0 atom stereocenters. The molecule has 0 aliphatic rings. The molecular formula is C17H12ClN3. The minimum absolute atomic E-state index is 0.544. The number of fused-ring (bicyclic) bond motifs is 1. The molecule has 2 aromatic carbocycles. The van der Waals surface area contributed by atoms with Crippen LogP contribution in [0.1, 0.15) is 11.1 Å². The number of nitriles is 1. The van der Waals surface area contributed by atoms with Gasteiger partial charge in [0.05, 0.1) is 16.8 Å². The van der Waals surface area contributed by atoms with Gasteiger partial charge in [-0.3, -0.25) is 4.98 Å². The highest BCUT2D eigenvalue weighted by Gasteiger charge is 2.08. The van der Waals surface area contributed by atoms with Crippen LogP contribution in [0.5, 0.6) is 0 Å². The van der Waals surface area contributed by atoms with Gasteiger partial charge in [0, 0.05) is 23.2 Å². The molecule has 0 amide bonds. The predicted molar refractivity (Wildman–Crippen MR) is 85.2 cm³/mol. The maximum Gasteiger partial charge on any atom is 0.103 e. The van der Waals surface area contributed by atoms with Gasteiger partial charge in [-0.1, -0.05) is 41.9 Å². The zero-order valence-corrected chi connectivity index (χ0v) is 11.9. The number of halogens is 1. The molecule has 0 bridgehead atoms. The molecule has 102 valence electrons. The second-order valence-corrected chi connectivity index (χ2v) is 5.09. The number of hydrogen-bond donors (Lipinski definition) is 1. The number of benzene rings is 2. The fraction of sp³-hybridized carbons (Fsp3) is 0.0588. The summed E-state index contributed by atoms with van der Waals surface area (Å²) in [4.78, 5) is 4.30. The van der Waals surface area contributed by atoms with Crippen LogP contribution >= 0.6 is 11.6 Å². The van der Waals surface area contributed by atoms with E-state index in [0.29, 0.717) is 17.1 Å². The summed E-state index contributed by atoms with van der Waals surface area (Å²) in [6, 6.07) is 17.6. The van der Waals surface area contributed by atoms with E-state index in [4.69, 9.17) is 11.6 Å². The minimum atomic E-state index is 0.544. The fourth-order valence-electron chi connectivity index (χ4n) is 2.21. The van der Waals surface area contributed by atoms with Crippen molar-refractivity contribution in [3.05, 3.63) is 70.9 Å². The van der Waals surface area contributed by atoms with Gasteiger partial charge in [-0.05, 0) is 23.8 Å². The van der Waals surface area contributed by atoms with E-state index in [1.54, 1.807) is 6.20 Å². The van der Waals surface area contributed by atoms with Crippen LogP contribution in [0, 0.1) is 11.3 Å². The summed E-state index contributed by atoms with van der Waals surface area (Å²) in [6.07, 6.45) is 1.60. The number of hydrogen-bond acceptors (Lipinski definition) is 3. The van der Waals surface area contributed by atoms with E-state index in [0.717, 1.165) is 22.2 Å². The summed E-state index contributed by atoms with van der Waals surface area (Å²) >= 11 is 5.88. The topological polar surface area (TPSA) is 48.7 Å². The fourth-order valence-corrected chi connectivity index (χ4v) is 2.34. The summed E-state index contributed by atoms with van der Waals surface area (Å²) in [6.45, 7) is 0.625. The van der Waals surface area contributed by atoms with Gasteiger partial charge in [-0.2, -0.15) is 5.26 Å². The van der Waals surface area contributed by atoms with Crippen LogP contribution in [0.2, 0.25) is 5.02 Å². The molecule has 0 saturated heterocycles. The number of nitrogens with one attached hydrogen (secondary N) is 1. The number of nitrogens with zero attached hydrogens (tertiary/aromatic N) is 2. The molecule has 1 N–H and O–H groups in total. The highest BCUT2D eigenvalue weighted by Crippen LogP contribution is 2.26. The van der Waals surface area contributed by atoms with Crippen molar-refractivity contribution < 1.29 is 0 Å². The summed E-state index contributed by atoms with van der Waals surface area (Å²) in [5, 5.41) is 14.3. The standard InChI is InChI=1S/C17H12ClN3/c18-14-7-5-12(6-8-14)10-21-17-13(9-19)11-20-16-4-2-1-3-15(16)17/h1-8,11H,10H2,(H,20,21). The van der Waals surface area contributed by atoms with Crippen LogP contribution in [0.15, 0.2) is 54.7 Å². The van der Waals surface area contributed by atoms with E-state index < -0.39 is 0 Å². The Hall–Kier alpha value is -2.57. The Morgan fingerprint density at radius 2 is 1.86 bits per heavy atom. The smallest absolute Gasteiger partial charge is 0.103 e. The average Bonchev–Trinajstić information content (AvgIpc) is 2.54. The zero-order chi connectivity index (χ0) is 14.7. The van der Waals surface area contributed by atoms with Crippen molar-refractivity contribution in [3.63, 3.8) is 0 Å². The van der Waals surface area contributed by atoms with Crippen LogP contribution in [0.4, 0.5) is 5.69 Å². The van der Waals surface area contributed by atoms with Gasteiger partial charge >= 0.3 is 0 Å². The van der Waals surface area contributed by atoms with Gasteiger partial charge in [0.2, 0.25) is 0 Å². The number of rotatable bonds is 3. The van der Waals surface area contributed by atoms with Gasteiger partial charge in [0.25, 0.3) is 0 Å².